The van der Waals surface area contributed by atoms with E-state index in [9.17, 15) is 0 Å². The van der Waals surface area contributed by atoms with Crippen LogP contribution in [0.25, 0.3) is 0 Å². The third-order valence-corrected chi connectivity index (χ3v) is 4.14. The van der Waals surface area contributed by atoms with E-state index in [1.54, 1.807) is 0 Å². The van der Waals surface area contributed by atoms with Crippen LogP contribution in [0.4, 0.5) is 0 Å². The maximum Gasteiger partial charge on any atom is 0.119 e. The van der Waals surface area contributed by atoms with Crippen molar-refractivity contribution in [2.24, 2.45) is 11.8 Å². The molecule has 1 aliphatic rings. The van der Waals surface area contributed by atoms with Gasteiger partial charge in [-0.2, -0.15) is 0 Å². The summed E-state index contributed by atoms with van der Waals surface area (Å²) in [6.45, 7) is 5.48. The summed E-state index contributed by atoms with van der Waals surface area (Å²) >= 11 is 0. The van der Waals surface area contributed by atoms with Gasteiger partial charge < -0.3 is 4.74 Å². The highest BCUT2D eigenvalue weighted by Gasteiger charge is 2.15. The summed E-state index contributed by atoms with van der Waals surface area (Å²) in [6.07, 6.45) is 7.90. The van der Waals surface area contributed by atoms with E-state index < -0.39 is 0 Å². The first-order chi connectivity index (χ1) is 8.78. The maximum absolute atomic E-state index is 5.95. The molecule has 100 valence electrons. The van der Waals surface area contributed by atoms with E-state index in [4.69, 9.17) is 4.74 Å². The molecule has 0 unspecified atom stereocenters. The molecule has 1 aromatic carbocycles. The third kappa shape index (κ3) is 4.04. The number of benzene rings is 1. The lowest BCUT2D eigenvalue weighted by Crippen LogP contribution is -2.08. The quantitative estimate of drug-likeness (QED) is 0.697. The lowest BCUT2D eigenvalue weighted by Gasteiger charge is -2.13. The van der Waals surface area contributed by atoms with Gasteiger partial charge in [-0.25, -0.2) is 0 Å². The summed E-state index contributed by atoms with van der Waals surface area (Å²) in [4.78, 5) is 0. The van der Waals surface area contributed by atoms with Crippen molar-refractivity contribution in [2.75, 3.05) is 6.61 Å². The minimum absolute atomic E-state index is 0.759. The number of rotatable bonds is 6. The molecule has 18 heavy (non-hydrogen) atoms. The first kappa shape index (κ1) is 13.5. The van der Waals surface area contributed by atoms with Crippen molar-refractivity contribution in [3.8, 4) is 5.75 Å². The fourth-order valence-electron chi connectivity index (χ4n) is 2.70. The number of ether oxygens (including phenoxy) is 1. The predicted molar refractivity (Wildman–Crippen MR) is 77.1 cm³/mol. The van der Waals surface area contributed by atoms with Gasteiger partial charge in [-0.05, 0) is 48.8 Å². The molecule has 0 radical (unpaired) electrons. The van der Waals surface area contributed by atoms with Crippen molar-refractivity contribution in [2.45, 2.75) is 52.4 Å². The summed E-state index contributed by atoms with van der Waals surface area (Å²) in [5, 5.41) is 0. The van der Waals surface area contributed by atoms with Crippen LogP contribution in [-0.4, -0.2) is 6.61 Å². The van der Waals surface area contributed by atoms with Crippen molar-refractivity contribution in [3.05, 3.63) is 29.8 Å². The van der Waals surface area contributed by atoms with Crippen LogP contribution in [0.15, 0.2) is 24.3 Å². The first-order valence-corrected chi connectivity index (χ1v) is 7.49. The minimum atomic E-state index is 0.759. The van der Waals surface area contributed by atoms with Crippen molar-refractivity contribution in [1.29, 1.82) is 0 Å². The van der Waals surface area contributed by atoms with Crippen LogP contribution in [0.3, 0.4) is 0 Å². The lowest BCUT2D eigenvalue weighted by molar-refractivity contribution is 0.252. The fraction of sp³-hybridized carbons (Fsp3) is 0.647. The van der Waals surface area contributed by atoms with Crippen LogP contribution in [0.1, 0.15) is 51.5 Å². The standard InChI is InChI=1S/C17H26O/c1-3-14(2)11-16-9-6-10-17(12-16)18-13-15-7-4-5-8-15/h6,9-10,12,14-15H,3-5,7-8,11,13H2,1-2H3/t14-/m1/s1. The van der Waals surface area contributed by atoms with E-state index in [1.165, 1.54) is 37.7 Å². The van der Waals surface area contributed by atoms with Gasteiger partial charge in [0.1, 0.15) is 5.75 Å². The van der Waals surface area contributed by atoms with Gasteiger partial charge in [-0.3, -0.25) is 0 Å². The van der Waals surface area contributed by atoms with Crippen LogP contribution in [0.2, 0.25) is 0 Å². The summed E-state index contributed by atoms with van der Waals surface area (Å²) < 4.78 is 5.95. The highest BCUT2D eigenvalue weighted by atomic mass is 16.5. The largest absolute Gasteiger partial charge is 0.493 e. The molecule has 1 aromatic rings. The predicted octanol–water partition coefficient (Wildman–Crippen LogP) is 4.84. The molecule has 0 amide bonds. The Kier molecular flexibility index (Phi) is 5.10. The molecule has 1 atom stereocenters. The summed E-state index contributed by atoms with van der Waals surface area (Å²) in [5.74, 6) is 2.61. The van der Waals surface area contributed by atoms with Gasteiger partial charge in [-0.1, -0.05) is 45.2 Å². The smallest absolute Gasteiger partial charge is 0.119 e. The fourth-order valence-corrected chi connectivity index (χ4v) is 2.70. The summed E-state index contributed by atoms with van der Waals surface area (Å²) in [5.41, 5.74) is 1.41. The van der Waals surface area contributed by atoms with Gasteiger partial charge in [0.2, 0.25) is 0 Å². The maximum atomic E-state index is 5.95. The molecule has 0 spiro atoms. The average Bonchev–Trinajstić information content (AvgIpc) is 2.90. The monoisotopic (exact) mass is 246 g/mol. The molecular formula is C17H26O. The van der Waals surface area contributed by atoms with Crippen LogP contribution in [0.5, 0.6) is 5.75 Å². The highest BCUT2D eigenvalue weighted by Crippen LogP contribution is 2.26. The molecule has 0 bridgehead atoms. The summed E-state index contributed by atoms with van der Waals surface area (Å²) in [6, 6.07) is 8.66. The molecule has 1 nitrogen and oxygen atoms in total. The van der Waals surface area contributed by atoms with Crippen molar-refractivity contribution in [3.63, 3.8) is 0 Å². The van der Waals surface area contributed by atoms with Gasteiger partial charge in [0.05, 0.1) is 6.61 Å². The Balaban J connectivity index is 1.86. The Hall–Kier alpha value is -0.980. The second-order valence-corrected chi connectivity index (χ2v) is 5.83. The molecule has 2 rings (SSSR count). The van der Waals surface area contributed by atoms with Gasteiger partial charge in [0.15, 0.2) is 0 Å². The van der Waals surface area contributed by atoms with Gasteiger partial charge in [-0.15, -0.1) is 0 Å². The van der Waals surface area contributed by atoms with E-state index in [2.05, 4.69) is 38.1 Å². The molecule has 0 N–H and O–H groups in total. The SMILES string of the molecule is CC[C@@H](C)Cc1cccc(OCC2CCCC2)c1. The molecule has 0 saturated heterocycles. The number of hydrogen-bond donors (Lipinski definition) is 0. The number of hydrogen-bond acceptors (Lipinski definition) is 1. The zero-order valence-corrected chi connectivity index (χ0v) is 11.8. The zero-order valence-electron chi connectivity index (χ0n) is 11.8. The van der Waals surface area contributed by atoms with E-state index in [0.717, 1.165) is 30.6 Å². The Morgan fingerprint density at radius 3 is 2.78 bits per heavy atom. The van der Waals surface area contributed by atoms with Gasteiger partial charge in [0.25, 0.3) is 0 Å². The zero-order chi connectivity index (χ0) is 12.8. The molecule has 0 aliphatic heterocycles. The molecule has 1 heteroatoms. The minimum Gasteiger partial charge on any atom is -0.493 e. The van der Waals surface area contributed by atoms with Crippen LogP contribution >= 0.6 is 0 Å². The summed E-state index contributed by atoms with van der Waals surface area (Å²) in [7, 11) is 0. The topological polar surface area (TPSA) is 9.23 Å². The van der Waals surface area contributed by atoms with E-state index >= 15 is 0 Å². The molecule has 0 aromatic heterocycles. The van der Waals surface area contributed by atoms with E-state index in [-0.39, 0.29) is 0 Å². The molecule has 0 heterocycles. The Bertz CT molecular complexity index is 352. The third-order valence-electron chi connectivity index (χ3n) is 4.14. The molecular weight excluding hydrogens is 220 g/mol. The lowest BCUT2D eigenvalue weighted by atomic mass is 9.99. The van der Waals surface area contributed by atoms with Crippen molar-refractivity contribution >= 4 is 0 Å². The van der Waals surface area contributed by atoms with Crippen LogP contribution < -0.4 is 4.74 Å². The molecule has 1 fully saturated rings. The van der Waals surface area contributed by atoms with E-state index in [0.29, 0.717) is 0 Å². The van der Waals surface area contributed by atoms with E-state index in [1.807, 2.05) is 0 Å². The second kappa shape index (κ2) is 6.82. The molecule has 1 aliphatic carbocycles. The normalized spacial score (nSPS) is 17.9. The van der Waals surface area contributed by atoms with Crippen molar-refractivity contribution in [1.82, 2.24) is 0 Å². The van der Waals surface area contributed by atoms with Gasteiger partial charge >= 0.3 is 0 Å². The van der Waals surface area contributed by atoms with Gasteiger partial charge in [0, 0.05) is 0 Å². The van der Waals surface area contributed by atoms with Crippen LogP contribution in [-0.2, 0) is 6.42 Å². The average molecular weight is 246 g/mol. The first-order valence-electron chi connectivity index (χ1n) is 7.49. The van der Waals surface area contributed by atoms with Crippen molar-refractivity contribution < 1.29 is 4.74 Å². The highest BCUT2D eigenvalue weighted by molar-refractivity contribution is 5.28. The second-order valence-electron chi connectivity index (χ2n) is 5.83. The Labute approximate surface area is 112 Å². The van der Waals surface area contributed by atoms with Crippen LogP contribution in [0, 0.1) is 11.8 Å². The Morgan fingerprint density at radius 1 is 1.28 bits per heavy atom. The molecule has 1 saturated carbocycles. The Morgan fingerprint density at radius 2 is 2.06 bits per heavy atom.